The highest BCUT2D eigenvalue weighted by Crippen LogP contribution is 2.44. The molecule has 2 unspecified atom stereocenters. The van der Waals surface area contributed by atoms with E-state index in [9.17, 15) is 19.5 Å². The van der Waals surface area contributed by atoms with Gasteiger partial charge in [-0.25, -0.2) is 9.59 Å². The molecule has 2 N–H and O–H groups in total. The number of unbranched alkanes of at least 4 members (excludes halogenated alkanes) is 1. The zero-order valence-electron chi connectivity index (χ0n) is 19.4. The molecule has 0 saturated carbocycles. The van der Waals surface area contributed by atoms with Crippen molar-refractivity contribution in [1.29, 1.82) is 0 Å². The molecule has 0 saturated heterocycles. The number of likely N-dealkylation sites (N-methyl/N-ethyl adjacent to an activating group) is 1. The number of amides is 2. The van der Waals surface area contributed by atoms with Crippen LogP contribution in [0.4, 0.5) is 4.79 Å². The second-order valence-corrected chi connectivity index (χ2v) is 8.38. The predicted octanol–water partition coefficient (Wildman–Crippen LogP) is 4.41. The van der Waals surface area contributed by atoms with Crippen LogP contribution in [0.2, 0.25) is 0 Å². The van der Waals surface area contributed by atoms with Crippen LogP contribution in [0.5, 0.6) is 0 Å². The van der Waals surface area contributed by atoms with Crippen LogP contribution in [-0.4, -0.2) is 53.7 Å². The lowest BCUT2D eigenvalue weighted by atomic mass is 9.98. The van der Waals surface area contributed by atoms with Gasteiger partial charge in [-0.05, 0) is 35.1 Å². The summed E-state index contributed by atoms with van der Waals surface area (Å²) in [7, 11) is 1.46. The first-order chi connectivity index (χ1) is 15.9. The van der Waals surface area contributed by atoms with Crippen molar-refractivity contribution in [3.05, 3.63) is 59.7 Å². The number of carbonyl (C=O) groups excluding carboxylic acids is 2. The summed E-state index contributed by atoms with van der Waals surface area (Å²) in [5, 5.41) is 12.1. The summed E-state index contributed by atoms with van der Waals surface area (Å²) in [6.07, 6.45) is 1.58. The van der Waals surface area contributed by atoms with Crippen molar-refractivity contribution >= 4 is 18.0 Å². The molecule has 0 fully saturated rings. The third-order valence-electron chi connectivity index (χ3n) is 6.27. The molecule has 7 nitrogen and oxygen atoms in total. The Morgan fingerprint density at radius 1 is 1.03 bits per heavy atom. The van der Waals surface area contributed by atoms with Crippen LogP contribution >= 0.6 is 0 Å². The van der Waals surface area contributed by atoms with Gasteiger partial charge in [0.15, 0.2) is 0 Å². The molecule has 0 aromatic heterocycles. The minimum atomic E-state index is -1.07. The predicted molar refractivity (Wildman–Crippen MR) is 126 cm³/mol. The van der Waals surface area contributed by atoms with Gasteiger partial charge >= 0.3 is 12.1 Å². The van der Waals surface area contributed by atoms with Gasteiger partial charge in [-0.2, -0.15) is 0 Å². The first-order valence-corrected chi connectivity index (χ1v) is 11.5. The summed E-state index contributed by atoms with van der Waals surface area (Å²) in [6, 6.07) is 14.4. The van der Waals surface area contributed by atoms with E-state index < -0.39 is 30.1 Å². The Kier molecular flexibility index (Phi) is 8.09. The van der Waals surface area contributed by atoms with E-state index in [1.807, 2.05) is 43.3 Å². The molecular formula is C26H32N2O5. The van der Waals surface area contributed by atoms with Gasteiger partial charge in [-0.1, -0.05) is 75.2 Å². The fraction of sp³-hybridized carbons (Fsp3) is 0.423. The zero-order chi connectivity index (χ0) is 24.0. The number of carboxylic acids is 1. The number of benzene rings is 2. The van der Waals surface area contributed by atoms with Crippen molar-refractivity contribution in [3.63, 3.8) is 0 Å². The molecule has 0 heterocycles. The maximum absolute atomic E-state index is 13.0. The quantitative estimate of drug-likeness (QED) is 0.557. The summed E-state index contributed by atoms with van der Waals surface area (Å²) < 4.78 is 5.58. The second kappa shape index (κ2) is 11.0. The molecule has 0 aliphatic heterocycles. The summed E-state index contributed by atoms with van der Waals surface area (Å²) in [4.78, 5) is 38.3. The highest BCUT2D eigenvalue weighted by molar-refractivity contribution is 5.89. The Bertz CT molecular complexity index is 960. The number of rotatable bonds is 10. The molecule has 2 amide bonds. The second-order valence-electron chi connectivity index (χ2n) is 8.38. The average Bonchev–Trinajstić information content (AvgIpc) is 3.13. The number of carbonyl (C=O) groups is 3. The SMILES string of the molecule is CCCCC(NC(=O)OCC1c2ccccc2-c2ccccc21)C(=O)N(C)C(CC)C(=O)O. The number of fused-ring (bicyclic) bond motifs is 3. The lowest BCUT2D eigenvalue weighted by molar-refractivity contribution is -0.150. The molecule has 2 atom stereocenters. The van der Waals surface area contributed by atoms with Crippen LogP contribution in [0.3, 0.4) is 0 Å². The number of hydrogen-bond donors (Lipinski definition) is 2. The van der Waals surface area contributed by atoms with Crippen LogP contribution in [0.25, 0.3) is 11.1 Å². The first kappa shape index (κ1) is 24.3. The Balaban J connectivity index is 1.69. The molecule has 0 bridgehead atoms. The van der Waals surface area contributed by atoms with Crippen molar-refractivity contribution < 1.29 is 24.2 Å². The van der Waals surface area contributed by atoms with E-state index in [1.165, 1.54) is 11.9 Å². The lowest BCUT2D eigenvalue weighted by Gasteiger charge is -2.28. The summed E-state index contributed by atoms with van der Waals surface area (Å²) in [5.41, 5.74) is 4.49. The number of nitrogens with one attached hydrogen (secondary N) is 1. The summed E-state index contributed by atoms with van der Waals surface area (Å²) in [6.45, 7) is 3.85. The third-order valence-corrected chi connectivity index (χ3v) is 6.27. The topological polar surface area (TPSA) is 95.9 Å². The van der Waals surface area contributed by atoms with Crippen LogP contribution in [0, 0.1) is 0 Å². The number of aliphatic carboxylic acids is 1. The first-order valence-electron chi connectivity index (χ1n) is 11.5. The number of nitrogens with zero attached hydrogens (tertiary/aromatic N) is 1. The molecule has 2 aromatic carbocycles. The van der Waals surface area contributed by atoms with Crippen LogP contribution in [0.1, 0.15) is 56.6 Å². The lowest BCUT2D eigenvalue weighted by Crippen LogP contribution is -2.52. The smallest absolute Gasteiger partial charge is 0.407 e. The molecule has 1 aliphatic carbocycles. The van der Waals surface area contributed by atoms with E-state index in [-0.39, 0.29) is 18.9 Å². The zero-order valence-corrected chi connectivity index (χ0v) is 19.4. The molecule has 3 rings (SSSR count). The Morgan fingerprint density at radius 2 is 1.61 bits per heavy atom. The highest BCUT2D eigenvalue weighted by atomic mass is 16.5. The molecule has 0 radical (unpaired) electrons. The van der Waals surface area contributed by atoms with E-state index in [2.05, 4.69) is 17.4 Å². The fourth-order valence-electron chi connectivity index (χ4n) is 4.46. The van der Waals surface area contributed by atoms with Crippen LogP contribution < -0.4 is 5.32 Å². The Hall–Kier alpha value is -3.35. The van der Waals surface area contributed by atoms with E-state index in [0.29, 0.717) is 6.42 Å². The van der Waals surface area contributed by atoms with E-state index in [4.69, 9.17) is 4.74 Å². The Labute approximate surface area is 194 Å². The van der Waals surface area contributed by atoms with Crippen molar-refractivity contribution in [1.82, 2.24) is 10.2 Å². The summed E-state index contributed by atoms with van der Waals surface area (Å²) in [5.74, 6) is -1.57. The van der Waals surface area contributed by atoms with E-state index in [0.717, 1.165) is 35.1 Å². The van der Waals surface area contributed by atoms with E-state index >= 15 is 0 Å². The van der Waals surface area contributed by atoms with Gasteiger partial charge < -0.3 is 20.1 Å². The van der Waals surface area contributed by atoms with Gasteiger partial charge in [0.05, 0.1) is 0 Å². The Morgan fingerprint density at radius 3 is 2.12 bits per heavy atom. The normalized spacial score (nSPS) is 14.0. The van der Waals surface area contributed by atoms with Crippen LogP contribution in [-0.2, 0) is 14.3 Å². The monoisotopic (exact) mass is 452 g/mol. The fourth-order valence-corrected chi connectivity index (χ4v) is 4.46. The molecular weight excluding hydrogens is 420 g/mol. The van der Waals surface area contributed by atoms with Gasteiger partial charge in [0, 0.05) is 13.0 Å². The van der Waals surface area contributed by atoms with Gasteiger partial charge in [0.1, 0.15) is 18.7 Å². The highest BCUT2D eigenvalue weighted by Gasteiger charge is 2.32. The van der Waals surface area contributed by atoms with E-state index in [1.54, 1.807) is 6.92 Å². The van der Waals surface area contributed by atoms with Crippen molar-refractivity contribution in [2.24, 2.45) is 0 Å². The number of hydrogen-bond acceptors (Lipinski definition) is 4. The van der Waals surface area contributed by atoms with Crippen molar-refractivity contribution in [3.8, 4) is 11.1 Å². The molecule has 2 aromatic rings. The average molecular weight is 453 g/mol. The minimum Gasteiger partial charge on any atom is -0.480 e. The third kappa shape index (κ3) is 5.35. The molecule has 176 valence electrons. The van der Waals surface area contributed by atoms with Gasteiger partial charge in [-0.15, -0.1) is 0 Å². The number of ether oxygens (including phenoxy) is 1. The minimum absolute atomic E-state index is 0.0768. The molecule has 7 heteroatoms. The number of alkyl carbamates (subject to hydrolysis) is 1. The maximum Gasteiger partial charge on any atom is 0.407 e. The molecule has 33 heavy (non-hydrogen) atoms. The van der Waals surface area contributed by atoms with Gasteiger partial charge in [0.25, 0.3) is 0 Å². The largest absolute Gasteiger partial charge is 0.480 e. The van der Waals surface area contributed by atoms with Crippen LogP contribution in [0.15, 0.2) is 48.5 Å². The van der Waals surface area contributed by atoms with Crippen molar-refractivity contribution in [2.45, 2.75) is 57.5 Å². The summed E-state index contributed by atoms with van der Waals surface area (Å²) >= 11 is 0. The number of carboxylic acid groups (broad SMARTS) is 1. The van der Waals surface area contributed by atoms with Gasteiger partial charge in [0.2, 0.25) is 5.91 Å². The standard InChI is InChI=1S/C26H32N2O5/c1-4-6-15-22(24(29)28(3)23(5-2)25(30)31)27-26(32)33-16-21-19-13-9-7-11-17(19)18-12-8-10-14-20(18)21/h7-14,21-23H,4-6,15-16H2,1-3H3,(H,27,32)(H,30,31). The van der Waals surface area contributed by atoms with Gasteiger partial charge in [-0.3, -0.25) is 4.79 Å². The molecule has 1 aliphatic rings. The molecule has 0 spiro atoms. The maximum atomic E-state index is 13.0. The van der Waals surface area contributed by atoms with Crippen molar-refractivity contribution in [2.75, 3.05) is 13.7 Å².